The number of fused-ring (bicyclic) bond motifs is 1. The topological polar surface area (TPSA) is 38.4 Å². The summed E-state index contributed by atoms with van der Waals surface area (Å²) in [5.74, 6) is 0. The highest BCUT2D eigenvalue weighted by atomic mass is 14.6. The molecule has 1 aromatic carbocycles. The lowest BCUT2D eigenvalue weighted by Crippen LogP contribution is -2.00. The minimum atomic E-state index is 0.975. The molecule has 0 aliphatic heterocycles. The monoisotopic (exact) mass is 226 g/mol. The molecule has 2 rings (SSSR count). The van der Waals surface area contributed by atoms with Gasteiger partial charge in [-0.25, -0.2) is 0 Å². The van der Waals surface area contributed by atoms with Crippen LogP contribution in [-0.4, -0.2) is 13.3 Å². The van der Waals surface area contributed by atoms with Crippen LogP contribution in [0.4, 0.5) is 0 Å². The molecule has 0 saturated carbocycles. The molecule has 0 unspecified atom stereocenters. The van der Waals surface area contributed by atoms with Gasteiger partial charge in [-0.05, 0) is 42.0 Å². The van der Waals surface area contributed by atoms with Crippen molar-refractivity contribution < 1.29 is 0 Å². The molecule has 0 atom stereocenters. The SMILES string of the molecule is CN=CC(=CN)c1ccc2c(c1)CCC=C2C. The van der Waals surface area contributed by atoms with E-state index in [0.717, 1.165) is 24.0 Å². The first-order valence-electron chi connectivity index (χ1n) is 5.90. The number of nitrogens with two attached hydrogens (primary N) is 1. The highest BCUT2D eigenvalue weighted by Crippen LogP contribution is 2.28. The quantitative estimate of drug-likeness (QED) is 0.773. The molecule has 0 bridgehead atoms. The van der Waals surface area contributed by atoms with Crippen LogP contribution in [0.5, 0.6) is 0 Å². The summed E-state index contributed by atoms with van der Waals surface area (Å²) in [6.07, 6.45) is 7.95. The summed E-state index contributed by atoms with van der Waals surface area (Å²) >= 11 is 0. The Kier molecular flexibility index (Phi) is 3.43. The van der Waals surface area contributed by atoms with Crippen LogP contribution in [0.1, 0.15) is 30.0 Å². The van der Waals surface area contributed by atoms with Crippen LogP contribution in [0.25, 0.3) is 11.1 Å². The van der Waals surface area contributed by atoms with Gasteiger partial charge in [-0.2, -0.15) is 0 Å². The molecule has 0 amide bonds. The smallest absolute Gasteiger partial charge is 0.0301 e. The second-order valence-corrected chi connectivity index (χ2v) is 4.31. The third-order valence-electron chi connectivity index (χ3n) is 3.18. The molecule has 88 valence electrons. The van der Waals surface area contributed by atoms with Crippen molar-refractivity contribution in [1.29, 1.82) is 0 Å². The van der Waals surface area contributed by atoms with Gasteiger partial charge < -0.3 is 5.73 Å². The van der Waals surface area contributed by atoms with Gasteiger partial charge in [-0.1, -0.05) is 24.3 Å². The molecular formula is C15H18N2. The molecule has 1 aliphatic rings. The van der Waals surface area contributed by atoms with Crippen LogP contribution in [-0.2, 0) is 6.42 Å². The molecule has 0 aromatic heterocycles. The van der Waals surface area contributed by atoms with Crippen molar-refractivity contribution in [2.75, 3.05) is 7.05 Å². The Balaban J connectivity index is 2.44. The molecule has 0 heterocycles. The zero-order valence-electron chi connectivity index (χ0n) is 10.4. The van der Waals surface area contributed by atoms with Crippen molar-refractivity contribution in [3.63, 3.8) is 0 Å². The van der Waals surface area contributed by atoms with Gasteiger partial charge in [0.05, 0.1) is 0 Å². The minimum Gasteiger partial charge on any atom is -0.404 e. The standard InChI is InChI=1S/C15H18N2/c1-11-4-3-5-13-8-12(6-7-15(11)13)14(9-16)10-17-2/h4,6-10H,3,5,16H2,1-2H3. The van der Waals surface area contributed by atoms with E-state index in [2.05, 4.69) is 36.2 Å². The van der Waals surface area contributed by atoms with Gasteiger partial charge >= 0.3 is 0 Å². The Morgan fingerprint density at radius 2 is 2.24 bits per heavy atom. The third kappa shape index (κ3) is 2.31. The van der Waals surface area contributed by atoms with E-state index in [9.17, 15) is 0 Å². The molecule has 17 heavy (non-hydrogen) atoms. The van der Waals surface area contributed by atoms with E-state index in [1.807, 2.05) is 0 Å². The molecule has 0 saturated heterocycles. The van der Waals surface area contributed by atoms with Crippen LogP contribution in [0.2, 0.25) is 0 Å². The number of nitrogens with zero attached hydrogens (tertiary/aromatic N) is 1. The van der Waals surface area contributed by atoms with Crippen LogP contribution >= 0.6 is 0 Å². The van der Waals surface area contributed by atoms with E-state index >= 15 is 0 Å². The summed E-state index contributed by atoms with van der Waals surface area (Å²) in [7, 11) is 1.76. The number of hydrogen-bond donors (Lipinski definition) is 1. The number of hydrogen-bond acceptors (Lipinski definition) is 2. The Labute approximate surface area is 103 Å². The van der Waals surface area contributed by atoms with E-state index in [1.54, 1.807) is 19.5 Å². The van der Waals surface area contributed by atoms with Gasteiger partial charge in [0.25, 0.3) is 0 Å². The average molecular weight is 226 g/mol. The lowest BCUT2D eigenvalue weighted by molar-refractivity contribution is 0.974. The van der Waals surface area contributed by atoms with Crippen molar-refractivity contribution in [2.45, 2.75) is 19.8 Å². The fraction of sp³-hybridized carbons (Fsp3) is 0.267. The summed E-state index contributed by atoms with van der Waals surface area (Å²) in [4.78, 5) is 4.03. The molecule has 2 heteroatoms. The van der Waals surface area contributed by atoms with Crippen LogP contribution in [0.3, 0.4) is 0 Å². The predicted molar refractivity (Wildman–Crippen MR) is 75.0 cm³/mol. The Morgan fingerprint density at radius 1 is 1.41 bits per heavy atom. The fourth-order valence-corrected chi connectivity index (χ4v) is 2.27. The van der Waals surface area contributed by atoms with E-state index in [4.69, 9.17) is 5.73 Å². The van der Waals surface area contributed by atoms with E-state index in [1.165, 1.54) is 16.7 Å². The van der Waals surface area contributed by atoms with Gasteiger partial charge in [0.1, 0.15) is 0 Å². The molecular weight excluding hydrogens is 208 g/mol. The number of aliphatic imine (C=N–C) groups is 1. The lowest BCUT2D eigenvalue weighted by Gasteiger charge is -2.16. The number of allylic oxidation sites excluding steroid dienone is 3. The van der Waals surface area contributed by atoms with Crippen molar-refractivity contribution >= 4 is 17.4 Å². The second kappa shape index (κ2) is 5.00. The van der Waals surface area contributed by atoms with Crippen molar-refractivity contribution in [3.8, 4) is 0 Å². The highest BCUT2D eigenvalue weighted by molar-refractivity contribution is 6.09. The normalized spacial score (nSPS) is 15.9. The molecule has 0 radical (unpaired) electrons. The predicted octanol–water partition coefficient (Wildman–Crippen LogP) is 3.04. The van der Waals surface area contributed by atoms with Crippen molar-refractivity contribution in [2.24, 2.45) is 10.7 Å². The first kappa shape index (κ1) is 11.6. The zero-order valence-corrected chi connectivity index (χ0v) is 10.4. The zero-order chi connectivity index (χ0) is 12.3. The van der Waals surface area contributed by atoms with Crippen molar-refractivity contribution in [1.82, 2.24) is 0 Å². The van der Waals surface area contributed by atoms with Gasteiger partial charge in [-0.3, -0.25) is 4.99 Å². The van der Waals surface area contributed by atoms with Crippen LogP contribution < -0.4 is 5.73 Å². The number of rotatable bonds is 2. The van der Waals surface area contributed by atoms with Crippen LogP contribution in [0.15, 0.2) is 35.5 Å². The van der Waals surface area contributed by atoms with Gasteiger partial charge in [-0.15, -0.1) is 0 Å². The first-order valence-corrected chi connectivity index (χ1v) is 5.90. The molecule has 1 aliphatic carbocycles. The number of aryl methyl sites for hydroxylation is 1. The maximum Gasteiger partial charge on any atom is 0.0301 e. The second-order valence-electron chi connectivity index (χ2n) is 4.31. The molecule has 2 N–H and O–H groups in total. The summed E-state index contributed by atoms with van der Waals surface area (Å²) in [5.41, 5.74) is 11.9. The first-order chi connectivity index (χ1) is 8.26. The Hall–Kier alpha value is -1.83. The van der Waals surface area contributed by atoms with E-state index < -0.39 is 0 Å². The van der Waals surface area contributed by atoms with Gasteiger partial charge in [0, 0.05) is 25.0 Å². The summed E-state index contributed by atoms with van der Waals surface area (Å²) < 4.78 is 0. The van der Waals surface area contributed by atoms with Crippen molar-refractivity contribution in [3.05, 3.63) is 47.2 Å². The van der Waals surface area contributed by atoms with E-state index in [0.29, 0.717) is 0 Å². The maximum absolute atomic E-state index is 5.63. The fourth-order valence-electron chi connectivity index (χ4n) is 2.27. The minimum absolute atomic E-state index is 0.975. The largest absolute Gasteiger partial charge is 0.404 e. The molecule has 0 fully saturated rings. The summed E-state index contributed by atoms with van der Waals surface area (Å²) in [5, 5.41) is 0. The Morgan fingerprint density at radius 3 is 2.94 bits per heavy atom. The summed E-state index contributed by atoms with van der Waals surface area (Å²) in [6, 6.07) is 6.52. The Bertz CT molecular complexity index is 508. The highest BCUT2D eigenvalue weighted by Gasteiger charge is 2.10. The van der Waals surface area contributed by atoms with E-state index in [-0.39, 0.29) is 0 Å². The average Bonchev–Trinajstić information content (AvgIpc) is 2.36. The maximum atomic E-state index is 5.63. The lowest BCUT2D eigenvalue weighted by atomic mass is 9.89. The van der Waals surface area contributed by atoms with Crippen LogP contribution in [0, 0.1) is 0 Å². The molecule has 1 aromatic rings. The van der Waals surface area contributed by atoms with Gasteiger partial charge in [0.15, 0.2) is 0 Å². The molecule has 2 nitrogen and oxygen atoms in total. The third-order valence-corrected chi connectivity index (χ3v) is 3.18. The van der Waals surface area contributed by atoms with Gasteiger partial charge in [0.2, 0.25) is 0 Å². The summed E-state index contributed by atoms with van der Waals surface area (Å²) in [6.45, 7) is 2.17. The number of benzene rings is 1. The molecule has 0 spiro atoms.